The summed E-state index contributed by atoms with van der Waals surface area (Å²) < 4.78 is 15.7. The van der Waals surface area contributed by atoms with Crippen LogP contribution >= 0.6 is 10.9 Å². The van der Waals surface area contributed by atoms with Gasteiger partial charge in [0.05, 0.1) is 32.2 Å². The Labute approximate surface area is 90.7 Å². The van der Waals surface area contributed by atoms with Gasteiger partial charge in [0.25, 0.3) is 0 Å². The van der Waals surface area contributed by atoms with E-state index in [2.05, 4.69) is 0 Å². The second-order valence-electron chi connectivity index (χ2n) is 2.90. The van der Waals surface area contributed by atoms with E-state index in [1.165, 1.54) is 6.04 Å². The third-order valence-corrected chi connectivity index (χ3v) is 6.19. The second-order valence-corrected chi connectivity index (χ2v) is 7.54. The quantitative estimate of drug-likeness (QED) is 0.481. The van der Waals surface area contributed by atoms with Gasteiger partial charge in [0.1, 0.15) is 0 Å². The molecule has 88 valence electrons. The molecule has 0 aliphatic rings. The molecule has 0 radical (unpaired) electrons. The number of aliphatic hydroxyl groups is 1. The molecule has 4 nitrogen and oxygen atoms in total. The van der Waals surface area contributed by atoms with Crippen molar-refractivity contribution in [1.29, 1.82) is 0 Å². The molecule has 0 aromatic heterocycles. The molecule has 0 rings (SSSR count). The molecule has 0 aliphatic carbocycles. The Bertz CT molecular complexity index is 124. The lowest BCUT2D eigenvalue weighted by Gasteiger charge is -2.33. The van der Waals surface area contributed by atoms with Crippen LogP contribution in [0, 0.1) is 0 Å². The van der Waals surface area contributed by atoms with Crippen molar-refractivity contribution in [3.05, 3.63) is 0 Å². The minimum atomic E-state index is -1.74. The van der Waals surface area contributed by atoms with E-state index in [-0.39, 0.29) is 9.52 Å². The van der Waals surface area contributed by atoms with E-state index in [1.54, 1.807) is 21.3 Å². The van der Waals surface area contributed by atoms with Crippen molar-refractivity contribution in [2.45, 2.75) is 18.5 Å². The standard InChI is InChI=1S/C8H22O4SSi/c1-10-13(11-2,12-3)6-4-7-14-8-5-9/h9H,4-8,14H2,1-3H3. The van der Waals surface area contributed by atoms with Crippen LogP contribution in [0.25, 0.3) is 0 Å². The zero-order valence-corrected chi connectivity index (χ0v) is 11.6. The van der Waals surface area contributed by atoms with Crippen LogP contribution in [0.4, 0.5) is 0 Å². The molecule has 0 amide bonds. The summed E-state index contributed by atoms with van der Waals surface area (Å²) in [6.45, 7) is 0.336. The monoisotopic (exact) mass is 242 g/mol. The van der Waals surface area contributed by atoms with Crippen LogP contribution in [0.15, 0.2) is 0 Å². The smallest absolute Gasteiger partial charge is 0.0879 e. The van der Waals surface area contributed by atoms with Gasteiger partial charge in [-0.2, -0.15) is 0 Å². The Morgan fingerprint density at radius 2 is 1.64 bits per heavy atom. The Hall–Kier alpha value is 0.407. The molecule has 0 atom stereocenters. The predicted molar refractivity (Wildman–Crippen MR) is 63.3 cm³/mol. The van der Waals surface area contributed by atoms with Gasteiger partial charge in [0.15, 0.2) is 0 Å². The van der Waals surface area contributed by atoms with Crippen LogP contribution in [-0.2, 0) is 12.5 Å². The van der Waals surface area contributed by atoms with E-state index in [0.29, 0.717) is 6.61 Å². The fraction of sp³-hybridized carbons (Fsp3) is 1.00. The molecule has 0 aromatic rings. The maximum Gasteiger partial charge on any atom is 0.0879 e. The van der Waals surface area contributed by atoms with Gasteiger partial charge >= 0.3 is 0 Å². The van der Waals surface area contributed by atoms with E-state index in [9.17, 15) is 0 Å². The molecule has 0 aliphatic heterocycles. The van der Waals surface area contributed by atoms with Gasteiger partial charge in [0.2, 0.25) is 0 Å². The van der Waals surface area contributed by atoms with E-state index in [4.69, 9.17) is 17.7 Å². The summed E-state index contributed by atoms with van der Waals surface area (Å²) in [5.41, 5.74) is 0. The first-order valence-electron chi connectivity index (χ1n) is 4.83. The largest absolute Gasteiger partial charge is 0.397 e. The lowest BCUT2D eigenvalue weighted by atomic mass is 10.6. The summed E-state index contributed by atoms with van der Waals surface area (Å²) >= 11 is 0. The van der Waals surface area contributed by atoms with Crippen LogP contribution in [0.3, 0.4) is 0 Å². The normalized spacial score (nSPS) is 14.0. The van der Waals surface area contributed by atoms with Crippen molar-refractivity contribution in [3.8, 4) is 0 Å². The third-order valence-electron chi connectivity index (χ3n) is 2.06. The Balaban J connectivity index is 3.61. The van der Waals surface area contributed by atoms with Crippen molar-refractivity contribution in [3.63, 3.8) is 0 Å². The van der Waals surface area contributed by atoms with Crippen LogP contribution in [0.1, 0.15) is 6.42 Å². The van der Waals surface area contributed by atoms with Gasteiger partial charge < -0.3 is 5.11 Å². The van der Waals surface area contributed by atoms with Gasteiger partial charge in [0, 0.05) is 21.9 Å². The fourth-order valence-corrected chi connectivity index (χ4v) is 4.21. The van der Waals surface area contributed by atoms with Crippen molar-refractivity contribution in [1.82, 2.24) is 0 Å². The summed E-state index contributed by atoms with van der Waals surface area (Å²) in [5, 5.41) is 8.63. The highest BCUT2D eigenvalue weighted by molar-refractivity contribution is 8.21. The summed E-state index contributed by atoms with van der Waals surface area (Å²) in [5.74, 6) is 0.828. The van der Waals surface area contributed by atoms with E-state index < -0.39 is 10.9 Å². The van der Waals surface area contributed by atoms with Crippen molar-refractivity contribution in [2.75, 3.05) is 33.7 Å². The highest BCUT2D eigenvalue weighted by Gasteiger charge is 2.21. The number of aliphatic hydroxyl groups excluding tert-OH is 1. The zero-order chi connectivity index (χ0) is 10.9. The van der Waals surface area contributed by atoms with Crippen molar-refractivity contribution < 1.29 is 17.7 Å². The predicted octanol–water partition coefficient (Wildman–Crippen LogP) is 0.863. The Kier molecular flexibility index (Phi) is 8.95. The summed E-state index contributed by atoms with van der Waals surface area (Å²) in [6, 6.07) is 2.22. The molecule has 0 bridgehead atoms. The van der Waals surface area contributed by atoms with Crippen molar-refractivity contribution >= 4 is 20.4 Å². The van der Waals surface area contributed by atoms with E-state index >= 15 is 0 Å². The molecular weight excluding hydrogens is 220 g/mol. The average Bonchev–Trinajstić information content (AvgIpc) is 2.24. The molecule has 0 heterocycles. The molecule has 1 N–H and O–H groups in total. The minimum absolute atomic E-state index is 0.0840. The lowest BCUT2D eigenvalue weighted by molar-refractivity contribution is 0.248. The van der Waals surface area contributed by atoms with Gasteiger partial charge in [-0.25, -0.2) is 0 Å². The summed E-state index contributed by atoms with van der Waals surface area (Å²) in [6.07, 6.45) is 1.07. The molecule has 14 heavy (non-hydrogen) atoms. The zero-order valence-electron chi connectivity index (χ0n) is 9.32. The number of hydrogen-bond acceptors (Lipinski definition) is 4. The van der Waals surface area contributed by atoms with Crippen molar-refractivity contribution in [2.24, 2.45) is 0 Å². The van der Waals surface area contributed by atoms with Crippen LogP contribution in [0.2, 0.25) is 12.1 Å². The van der Waals surface area contributed by atoms with Gasteiger partial charge in [-0.3, -0.25) is 12.5 Å². The first-order chi connectivity index (χ1) is 6.74. The Morgan fingerprint density at radius 3 is 2.07 bits per heavy atom. The average molecular weight is 242 g/mol. The molecule has 6 heteroatoms. The van der Waals surface area contributed by atoms with E-state index in [1.807, 2.05) is 0 Å². The second kappa shape index (κ2) is 8.69. The lowest BCUT2D eigenvalue weighted by Crippen LogP contribution is -2.11. The first kappa shape index (κ1) is 14.4. The van der Waals surface area contributed by atoms with Crippen LogP contribution in [-0.4, -0.2) is 48.3 Å². The van der Waals surface area contributed by atoms with Crippen LogP contribution in [0.5, 0.6) is 0 Å². The number of rotatable bonds is 9. The summed E-state index contributed by atoms with van der Waals surface area (Å²) in [7, 11) is 3.03. The maximum atomic E-state index is 8.63. The molecule has 0 saturated heterocycles. The highest BCUT2D eigenvalue weighted by atomic mass is 32.3. The molecule has 0 unspecified atom stereocenters. The number of hydrogen-bond donors (Lipinski definition) is 1. The van der Waals surface area contributed by atoms with Gasteiger partial charge in [-0.05, 0) is 12.5 Å². The SMILES string of the molecule is COS(CCC[SiH2]CCO)(OC)OC. The van der Waals surface area contributed by atoms with Gasteiger partial charge in [-0.1, -0.05) is 6.04 Å². The maximum absolute atomic E-state index is 8.63. The summed E-state index contributed by atoms with van der Waals surface area (Å²) in [4.78, 5) is 0. The molecule has 0 saturated carbocycles. The fourth-order valence-electron chi connectivity index (χ4n) is 1.20. The molecule has 0 fully saturated rings. The molecular formula is C8H22O4SSi. The molecule has 0 spiro atoms. The highest BCUT2D eigenvalue weighted by Crippen LogP contribution is 2.49. The first-order valence-corrected chi connectivity index (χ1v) is 8.41. The molecule has 0 aromatic carbocycles. The Morgan fingerprint density at radius 1 is 1.07 bits per heavy atom. The minimum Gasteiger partial charge on any atom is -0.397 e. The van der Waals surface area contributed by atoms with E-state index in [0.717, 1.165) is 18.2 Å². The van der Waals surface area contributed by atoms with Gasteiger partial charge in [-0.15, -0.1) is 0 Å². The topological polar surface area (TPSA) is 47.9 Å². The third kappa shape index (κ3) is 5.33. The van der Waals surface area contributed by atoms with Crippen LogP contribution < -0.4 is 0 Å².